The number of amides is 1. The van der Waals surface area contributed by atoms with Crippen LogP contribution in [0.5, 0.6) is 0 Å². The molecule has 0 aliphatic carbocycles. The van der Waals surface area contributed by atoms with Crippen molar-refractivity contribution in [2.45, 2.75) is 32.2 Å². The molecule has 0 aliphatic heterocycles. The predicted octanol–water partition coefficient (Wildman–Crippen LogP) is 3.31. The van der Waals surface area contributed by atoms with Crippen molar-refractivity contribution >= 4 is 17.2 Å². The van der Waals surface area contributed by atoms with Gasteiger partial charge in [0.25, 0.3) is 0 Å². The van der Waals surface area contributed by atoms with Gasteiger partial charge in [-0.3, -0.25) is 4.79 Å². The first-order valence-electron chi connectivity index (χ1n) is 7.90. The minimum atomic E-state index is -0.416. The van der Waals surface area contributed by atoms with E-state index < -0.39 is 5.54 Å². The molecule has 3 rings (SSSR count). The number of hydrogen-bond acceptors (Lipinski definition) is 4. The first-order chi connectivity index (χ1) is 11.6. The van der Waals surface area contributed by atoms with Crippen molar-refractivity contribution in [1.82, 2.24) is 20.1 Å². The van der Waals surface area contributed by atoms with Gasteiger partial charge in [-0.1, -0.05) is 19.1 Å². The van der Waals surface area contributed by atoms with Gasteiger partial charge < -0.3 is 5.32 Å². The van der Waals surface area contributed by atoms with Crippen LogP contribution >= 0.6 is 11.3 Å². The molecule has 6 heteroatoms. The highest BCUT2D eigenvalue weighted by Crippen LogP contribution is 2.26. The van der Waals surface area contributed by atoms with Crippen molar-refractivity contribution in [3.63, 3.8) is 0 Å². The summed E-state index contributed by atoms with van der Waals surface area (Å²) in [6, 6.07) is 9.74. The van der Waals surface area contributed by atoms with Crippen LogP contribution in [0.2, 0.25) is 0 Å². The standard InChI is InChI=1S/C18H20N4OS/c1-3-18(2,17-19-10-12-24-17)21-16(23)13-14-5-7-15(8-6-14)22-11-4-9-20-22/h4-12H,3,13H2,1-2H3,(H,21,23)/t18-/m1/s1. The largest absolute Gasteiger partial charge is 0.344 e. The SMILES string of the molecule is CC[C@@](C)(NC(=O)Cc1ccc(-n2cccn2)cc1)c1nccs1. The smallest absolute Gasteiger partial charge is 0.225 e. The second-order valence-corrected chi connectivity index (χ2v) is 6.76. The molecule has 0 spiro atoms. The second kappa shape index (κ2) is 6.97. The predicted molar refractivity (Wildman–Crippen MR) is 95.2 cm³/mol. The van der Waals surface area contributed by atoms with Gasteiger partial charge in [0, 0.05) is 24.0 Å². The third-order valence-corrected chi connectivity index (χ3v) is 5.13. The molecule has 0 bridgehead atoms. The Morgan fingerprint density at radius 2 is 2.08 bits per heavy atom. The second-order valence-electron chi connectivity index (χ2n) is 5.86. The minimum absolute atomic E-state index is 0.00129. The molecule has 124 valence electrons. The zero-order valence-electron chi connectivity index (χ0n) is 13.8. The molecular formula is C18H20N4OS. The summed E-state index contributed by atoms with van der Waals surface area (Å²) in [5, 5.41) is 10.2. The molecule has 2 heterocycles. The van der Waals surface area contributed by atoms with Crippen LogP contribution < -0.4 is 5.32 Å². The monoisotopic (exact) mass is 340 g/mol. The quantitative estimate of drug-likeness (QED) is 0.749. The fraction of sp³-hybridized carbons (Fsp3) is 0.278. The summed E-state index contributed by atoms with van der Waals surface area (Å²) in [6.07, 6.45) is 6.55. The van der Waals surface area contributed by atoms with Gasteiger partial charge in [0.1, 0.15) is 5.01 Å². The van der Waals surface area contributed by atoms with Crippen LogP contribution in [0.1, 0.15) is 30.8 Å². The van der Waals surface area contributed by atoms with Gasteiger partial charge in [-0.15, -0.1) is 11.3 Å². The van der Waals surface area contributed by atoms with Gasteiger partial charge in [0.15, 0.2) is 0 Å². The van der Waals surface area contributed by atoms with Gasteiger partial charge in [-0.2, -0.15) is 5.10 Å². The number of carbonyl (C=O) groups excluding carboxylic acids is 1. The lowest BCUT2D eigenvalue weighted by Gasteiger charge is -2.27. The molecule has 0 unspecified atom stereocenters. The van der Waals surface area contributed by atoms with E-state index in [-0.39, 0.29) is 5.91 Å². The van der Waals surface area contributed by atoms with Crippen LogP contribution in [0.4, 0.5) is 0 Å². The van der Waals surface area contributed by atoms with Gasteiger partial charge in [0.2, 0.25) is 5.91 Å². The molecule has 5 nitrogen and oxygen atoms in total. The van der Waals surface area contributed by atoms with Gasteiger partial charge >= 0.3 is 0 Å². The normalized spacial score (nSPS) is 13.4. The Kier molecular flexibility index (Phi) is 4.76. The maximum atomic E-state index is 12.4. The van der Waals surface area contributed by atoms with Crippen molar-refractivity contribution in [2.24, 2.45) is 0 Å². The lowest BCUT2D eigenvalue weighted by Crippen LogP contribution is -2.43. The number of carbonyl (C=O) groups is 1. The summed E-state index contributed by atoms with van der Waals surface area (Å²) in [4.78, 5) is 16.8. The summed E-state index contributed by atoms with van der Waals surface area (Å²) >= 11 is 1.57. The van der Waals surface area contributed by atoms with Crippen LogP contribution in [0.15, 0.2) is 54.3 Å². The molecule has 3 aromatic rings. The molecule has 0 radical (unpaired) electrons. The number of nitrogens with zero attached hydrogens (tertiary/aromatic N) is 3. The van der Waals surface area contributed by atoms with Gasteiger partial charge in [-0.25, -0.2) is 9.67 Å². The molecule has 1 amide bonds. The highest BCUT2D eigenvalue weighted by atomic mass is 32.1. The van der Waals surface area contributed by atoms with Crippen molar-refractivity contribution in [3.05, 3.63) is 64.9 Å². The molecular weight excluding hydrogens is 320 g/mol. The zero-order chi connectivity index (χ0) is 17.0. The van der Waals surface area contributed by atoms with E-state index in [0.717, 1.165) is 22.7 Å². The molecule has 0 saturated heterocycles. The van der Waals surface area contributed by atoms with E-state index in [1.54, 1.807) is 28.4 Å². The van der Waals surface area contributed by atoms with Crippen LogP contribution in [0, 0.1) is 0 Å². The Morgan fingerprint density at radius 1 is 1.29 bits per heavy atom. The van der Waals surface area contributed by atoms with Crippen LogP contribution in [0.25, 0.3) is 5.69 Å². The average Bonchev–Trinajstić information content (AvgIpc) is 3.29. The number of thiazole rings is 1. The number of rotatable bonds is 6. The minimum Gasteiger partial charge on any atom is -0.344 e. The van der Waals surface area contributed by atoms with Crippen molar-refractivity contribution in [1.29, 1.82) is 0 Å². The molecule has 1 aromatic carbocycles. The Bertz CT molecular complexity index is 781. The molecule has 2 aromatic heterocycles. The van der Waals surface area contributed by atoms with E-state index in [1.165, 1.54) is 0 Å². The fourth-order valence-electron chi connectivity index (χ4n) is 2.51. The van der Waals surface area contributed by atoms with E-state index in [2.05, 4.69) is 22.3 Å². The van der Waals surface area contributed by atoms with Crippen LogP contribution in [-0.2, 0) is 16.8 Å². The fourth-order valence-corrected chi connectivity index (χ4v) is 3.34. The number of nitrogens with one attached hydrogen (secondary N) is 1. The van der Waals surface area contributed by atoms with Crippen LogP contribution in [-0.4, -0.2) is 20.7 Å². The average molecular weight is 340 g/mol. The summed E-state index contributed by atoms with van der Waals surface area (Å²) in [7, 11) is 0. The third kappa shape index (κ3) is 3.54. The Labute approximate surface area is 145 Å². The number of aromatic nitrogens is 3. The maximum Gasteiger partial charge on any atom is 0.225 e. The maximum absolute atomic E-state index is 12.4. The topological polar surface area (TPSA) is 59.8 Å². The lowest BCUT2D eigenvalue weighted by molar-refractivity contribution is -0.122. The van der Waals surface area contributed by atoms with E-state index in [1.807, 2.05) is 48.8 Å². The van der Waals surface area contributed by atoms with Crippen LogP contribution in [0.3, 0.4) is 0 Å². The molecule has 1 N–H and O–H groups in total. The molecule has 0 fully saturated rings. The lowest BCUT2D eigenvalue weighted by atomic mass is 9.99. The molecule has 1 atom stereocenters. The van der Waals surface area contributed by atoms with Crippen molar-refractivity contribution in [2.75, 3.05) is 0 Å². The number of benzene rings is 1. The Balaban J connectivity index is 1.66. The van der Waals surface area contributed by atoms with Gasteiger partial charge in [0.05, 0.1) is 17.6 Å². The van der Waals surface area contributed by atoms with E-state index in [0.29, 0.717) is 6.42 Å². The summed E-state index contributed by atoms with van der Waals surface area (Å²) in [6.45, 7) is 4.07. The third-order valence-electron chi connectivity index (χ3n) is 4.10. The summed E-state index contributed by atoms with van der Waals surface area (Å²) in [5.74, 6) is 0.00129. The summed E-state index contributed by atoms with van der Waals surface area (Å²) < 4.78 is 1.79. The molecule has 0 aliphatic rings. The zero-order valence-corrected chi connectivity index (χ0v) is 14.6. The van der Waals surface area contributed by atoms with E-state index in [4.69, 9.17) is 0 Å². The Morgan fingerprint density at radius 3 is 2.67 bits per heavy atom. The first kappa shape index (κ1) is 16.4. The first-order valence-corrected chi connectivity index (χ1v) is 8.78. The highest BCUT2D eigenvalue weighted by molar-refractivity contribution is 7.09. The van der Waals surface area contributed by atoms with Crippen molar-refractivity contribution in [3.8, 4) is 5.69 Å². The van der Waals surface area contributed by atoms with Crippen molar-refractivity contribution < 1.29 is 4.79 Å². The van der Waals surface area contributed by atoms with Gasteiger partial charge in [-0.05, 0) is 37.1 Å². The highest BCUT2D eigenvalue weighted by Gasteiger charge is 2.29. The molecule has 24 heavy (non-hydrogen) atoms. The summed E-state index contributed by atoms with van der Waals surface area (Å²) in [5.41, 5.74) is 1.53. The Hall–Kier alpha value is -2.47. The molecule has 0 saturated carbocycles. The van der Waals surface area contributed by atoms with E-state index in [9.17, 15) is 4.79 Å². The number of hydrogen-bond donors (Lipinski definition) is 1. The van der Waals surface area contributed by atoms with E-state index >= 15 is 0 Å².